The molecule has 4 heteroatoms. The summed E-state index contributed by atoms with van der Waals surface area (Å²) in [6, 6.07) is 3.75. The van der Waals surface area contributed by atoms with E-state index in [2.05, 4.69) is 33.0 Å². The van der Waals surface area contributed by atoms with Crippen LogP contribution in [0.1, 0.15) is 46.1 Å². The molecule has 0 atom stereocenters. The Morgan fingerprint density at radius 3 is 2.52 bits per heavy atom. The summed E-state index contributed by atoms with van der Waals surface area (Å²) in [7, 11) is 1.64. The smallest absolute Gasteiger partial charge is 0.165 e. The van der Waals surface area contributed by atoms with Gasteiger partial charge < -0.3 is 14.8 Å². The maximum atomic E-state index is 6.16. The van der Waals surface area contributed by atoms with Gasteiger partial charge in [0.25, 0.3) is 0 Å². The number of hydrogen-bond acceptors (Lipinski definition) is 3. The zero-order valence-corrected chi connectivity index (χ0v) is 14.6. The molecule has 21 heavy (non-hydrogen) atoms. The second kappa shape index (κ2) is 8.50. The molecule has 1 aromatic carbocycles. The lowest BCUT2D eigenvalue weighted by molar-refractivity contribution is 0.232. The number of nitrogens with one attached hydrogen (secondary N) is 1. The number of ether oxygens (including phenoxy) is 2. The van der Waals surface area contributed by atoms with E-state index in [0.717, 1.165) is 37.2 Å². The van der Waals surface area contributed by atoms with Crippen molar-refractivity contribution in [3.63, 3.8) is 0 Å². The highest BCUT2D eigenvalue weighted by Gasteiger charge is 2.15. The Morgan fingerprint density at radius 2 is 1.95 bits per heavy atom. The highest BCUT2D eigenvalue weighted by Crippen LogP contribution is 2.35. The average molecular weight is 314 g/mol. The Hall–Kier alpha value is -0.930. The summed E-state index contributed by atoms with van der Waals surface area (Å²) >= 11 is 6.16. The van der Waals surface area contributed by atoms with Crippen molar-refractivity contribution in [2.24, 2.45) is 5.41 Å². The molecule has 0 aliphatic rings. The molecule has 0 aromatic heterocycles. The third-order valence-corrected chi connectivity index (χ3v) is 3.38. The van der Waals surface area contributed by atoms with Crippen LogP contribution in [0.5, 0.6) is 11.5 Å². The summed E-state index contributed by atoms with van der Waals surface area (Å²) in [5.74, 6) is 1.50. The predicted molar refractivity (Wildman–Crippen MR) is 89.6 cm³/mol. The Bertz CT molecular complexity index is 441. The van der Waals surface area contributed by atoms with Crippen LogP contribution in [0.2, 0.25) is 5.02 Å². The van der Waals surface area contributed by atoms with Gasteiger partial charge in [-0.05, 0) is 30.9 Å². The van der Waals surface area contributed by atoms with E-state index in [9.17, 15) is 0 Å². The van der Waals surface area contributed by atoms with Crippen LogP contribution in [-0.2, 0) is 6.54 Å². The Labute approximate surface area is 134 Å². The van der Waals surface area contributed by atoms with Gasteiger partial charge in [-0.1, -0.05) is 39.3 Å². The van der Waals surface area contributed by atoms with Gasteiger partial charge in [0.05, 0.1) is 13.7 Å². The summed E-state index contributed by atoms with van der Waals surface area (Å²) in [6.45, 7) is 11.1. The van der Waals surface area contributed by atoms with Crippen LogP contribution >= 0.6 is 11.6 Å². The fourth-order valence-electron chi connectivity index (χ4n) is 1.93. The molecule has 0 saturated heterocycles. The van der Waals surface area contributed by atoms with Crippen molar-refractivity contribution >= 4 is 11.6 Å². The Kier molecular flexibility index (Phi) is 7.33. The fourth-order valence-corrected chi connectivity index (χ4v) is 2.16. The van der Waals surface area contributed by atoms with Crippen molar-refractivity contribution in [2.75, 3.05) is 20.3 Å². The third kappa shape index (κ3) is 6.58. The Balaban J connectivity index is 2.85. The molecule has 0 spiro atoms. The van der Waals surface area contributed by atoms with E-state index in [1.54, 1.807) is 13.2 Å². The topological polar surface area (TPSA) is 30.5 Å². The molecular weight excluding hydrogens is 286 g/mol. The zero-order valence-electron chi connectivity index (χ0n) is 13.9. The van der Waals surface area contributed by atoms with Gasteiger partial charge in [-0.3, -0.25) is 0 Å². The lowest BCUT2D eigenvalue weighted by atomic mass is 9.93. The molecule has 1 rings (SSSR count). The Morgan fingerprint density at radius 1 is 1.24 bits per heavy atom. The summed E-state index contributed by atoms with van der Waals surface area (Å²) in [5, 5.41) is 4.05. The lowest BCUT2D eigenvalue weighted by Crippen LogP contribution is -2.16. The number of methoxy groups -OCH3 is 1. The molecule has 3 nitrogen and oxygen atoms in total. The summed E-state index contributed by atoms with van der Waals surface area (Å²) in [6.07, 6.45) is 2.08. The summed E-state index contributed by atoms with van der Waals surface area (Å²) in [5.41, 5.74) is 1.29. The number of hydrogen-bond donors (Lipinski definition) is 1. The van der Waals surface area contributed by atoms with Gasteiger partial charge in [0, 0.05) is 23.2 Å². The molecule has 0 heterocycles. The maximum Gasteiger partial charge on any atom is 0.165 e. The molecule has 0 saturated carbocycles. The van der Waals surface area contributed by atoms with E-state index in [-0.39, 0.29) is 5.41 Å². The first-order valence-electron chi connectivity index (χ1n) is 7.57. The standard InChI is InChI=1S/C17H28ClNO2/c1-6-8-19-12-13-10-14(18)11-15(20-5)16(13)21-9-7-17(2,3)4/h10-11,19H,6-9,12H2,1-5H3. The van der Waals surface area contributed by atoms with Crippen molar-refractivity contribution in [1.29, 1.82) is 0 Å². The number of benzene rings is 1. The average Bonchev–Trinajstić information content (AvgIpc) is 2.39. The highest BCUT2D eigenvalue weighted by atomic mass is 35.5. The van der Waals surface area contributed by atoms with Crippen LogP contribution in [0.4, 0.5) is 0 Å². The van der Waals surface area contributed by atoms with Gasteiger partial charge >= 0.3 is 0 Å². The third-order valence-electron chi connectivity index (χ3n) is 3.16. The van der Waals surface area contributed by atoms with Gasteiger partial charge in [0.15, 0.2) is 11.5 Å². The van der Waals surface area contributed by atoms with Gasteiger partial charge in [-0.2, -0.15) is 0 Å². The second-order valence-electron chi connectivity index (χ2n) is 6.43. The van der Waals surface area contributed by atoms with Gasteiger partial charge in [-0.15, -0.1) is 0 Å². The largest absolute Gasteiger partial charge is 0.493 e. The molecule has 0 aliphatic heterocycles. The van der Waals surface area contributed by atoms with Gasteiger partial charge in [-0.25, -0.2) is 0 Å². The number of halogens is 1. The maximum absolute atomic E-state index is 6.16. The molecular formula is C17H28ClNO2. The van der Waals surface area contributed by atoms with Crippen molar-refractivity contribution in [2.45, 2.75) is 47.1 Å². The molecule has 0 fully saturated rings. The van der Waals surface area contributed by atoms with Crippen LogP contribution in [0.15, 0.2) is 12.1 Å². The monoisotopic (exact) mass is 313 g/mol. The van der Waals surface area contributed by atoms with Crippen molar-refractivity contribution in [3.8, 4) is 11.5 Å². The van der Waals surface area contributed by atoms with Crippen LogP contribution < -0.4 is 14.8 Å². The normalized spacial score (nSPS) is 11.5. The van der Waals surface area contributed by atoms with Crippen molar-refractivity contribution in [1.82, 2.24) is 5.32 Å². The molecule has 0 bridgehead atoms. The summed E-state index contributed by atoms with van der Waals surface area (Å²) in [4.78, 5) is 0. The van der Waals surface area contributed by atoms with E-state index in [1.807, 2.05) is 6.07 Å². The zero-order chi connectivity index (χ0) is 15.9. The van der Waals surface area contributed by atoms with E-state index >= 15 is 0 Å². The first-order valence-corrected chi connectivity index (χ1v) is 7.95. The second-order valence-corrected chi connectivity index (χ2v) is 6.87. The fraction of sp³-hybridized carbons (Fsp3) is 0.647. The van der Waals surface area contributed by atoms with E-state index in [0.29, 0.717) is 17.4 Å². The minimum atomic E-state index is 0.250. The van der Waals surface area contributed by atoms with Crippen molar-refractivity contribution in [3.05, 3.63) is 22.7 Å². The van der Waals surface area contributed by atoms with Crippen LogP contribution in [0.3, 0.4) is 0 Å². The highest BCUT2D eigenvalue weighted by molar-refractivity contribution is 6.30. The first kappa shape index (κ1) is 18.1. The quantitative estimate of drug-likeness (QED) is 0.708. The molecule has 0 amide bonds. The molecule has 0 aliphatic carbocycles. The molecule has 0 unspecified atom stereocenters. The molecule has 120 valence electrons. The predicted octanol–water partition coefficient (Wildman–Crippen LogP) is 4.66. The lowest BCUT2D eigenvalue weighted by Gasteiger charge is -2.20. The molecule has 1 N–H and O–H groups in total. The summed E-state index contributed by atoms with van der Waals surface area (Å²) < 4.78 is 11.4. The molecule has 1 aromatic rings. The van der Waals surface area contributed by atoms with Crippen LogP contribution in [0.25, 0.3) is 0 Å². The minimum Gasteiger partial charge on any atom is -0.493 e. The van der Waals surface area contributed by atoms with E-state index in [1.165, 1.54) is 0 Å². The van der Waals surface area contributed by atoms with Gasteiger partial charge in [0.2, 0.25) is 0 Å². The van der Waals surface area contributed by atoms with Gasteiger partial charge in [0.1, 0.15) is 0 Å². The van der Waals surface area contributed by atoms with Crippen LogP contribution in [-0.4, -0.2) is 20.3 Å². The SMILES string of the molecule is CCCNCc1cc(Cl)cc(OC)c1OCCC(C)(C)C. The van der Waals surface area contributed by atoms with Crippen LogP contribution in [0, 0.1) is 5.41 Å². The number of rotatable bonds is 8. The van der Waals surface area contributed by atoms with E-state index < -0.39 is 0 Å². The molecule has 0 radical (unpaired) electrons. The van der Waals surface area contributed by atoms with E-state index in [4.69, 9.17) is 21.1 Å². The minimum absolute atomic E-state index is 0.250. The first-order chi connectivity index (χ1) is 9.87. The van der Waals surface area contributed by atoms with Crippen molar-refractivity contribution < 1.29 is 9.47 Å².